The van der Waals surface area contributed by atoms with Gasteiger partial charge in [-0.15, -0.1) is 0 Å². The molecule has 0 radical (unpaired) electrons. The molecule has 0 saturated heterocycles. The van der Waals surface area contributed by atoms with Crippen LogP contribution in [0.15, 0.2) is 59.7 Å². The van der Waals surface area contributed by atoms with Crippen molar-refractivity contribution in [3.63, 3.8) is 0 Å². The van der Waals surface area contributed by atoms with Gasteiger partial charge in [-0.1, -0.05) is 175 Å². The summed E-state index contributed by atoms with van der Waals surface area (Å²) in [5.41, 5.74) is 25.3. The van der Waals surface area contributed by atoms with Crippen LogP contribution >= 0.6 is 0 Å². The second-order valence-electron chi connectivity index (χ2n) is 16.9. The van der Waals surface area contributed by atoms with Crippen LogP contribution in [0.2, 0.25) is 0 Å². The van der Waals surface area contributed by atoms with Gasteiger partial charge in [-0.05, 0) is 124 Å². The number of benzene rings is 2. The molecule has 58 heavy (non-hydrogen) atoms. The third-order valence-electron chi connectivity index (χ3n) is 11.8. The smallest absolute Gasteiger partial charge is 0.493 e. The molecule has 0 unspecified atom stereocenters. The minimum absolute atomic E-state index is 0. The Balaban J connectivity index is 0.0000108. The van der Waals surface area contributed by atoms with Crippen molar-refractivity contribution >= 4 is 11.4 Å². The average Bonchev–Trinajstić information content (AvgIpc) is 3.47. The second kappa shape index (κ2) is 34.6. The van der Waals surface area contributed by atoms with Crippen LogP contribution in [0.25, 0.3) is 16.9 Å². The fourth-order valence-corrected chi connectivity index (χ4v) is 8.39. The molecule has 0 aliphatic carbocycles. The molecular formula is C55H90N2Pd. The molecule has 0 amide bonds. The summed E-state index contributed by atoms with van der Waals surface area (Å²) < 4.78 is 1.64. The third kappa shape index (κ3) is 20.0. The summed E-state index contributed by atoms with van der Waals surface area (Å²) in [6.07, 6.45) is 40.9. The number of unbranched alkanes of at least 4 members (excludes halogenated alkanes) is 18. The van der Waals surface area contributed by atoms with Crippen molar-refractivity contribution in [2.45, 2.75) is 228 Å². The molecule has 3 rings (SSSR count). The van der Waals surface area contributed by atoms with E-state index in [4.69, 9.17) is 0 Å². The minimum atomic E-state index is 0. The van der Waals surface area contributed by atoms with E-state index in [1.54, 1.807) is 4.70 Å². The van der Waals surface area contributed by atoms with Crippen molar-refractivity contribution in [1.82, 2.24) is 0 Å². The van der Waals surface area contributed by atoms with Crippen molar-refractivity contribution in [2.24, 2.45) is 0 Å². The van der Waals surface area contributed by atoms with E-state index in [9.17, 15) is 5.53 Å². The summed E-state index contributed by atoms with van der Waals surface area (Å²) in [5, 5.41) is 0. The number of aryl methyl sites for hydroxylation is 4. The molecule has 0 spiro atoms. The first-order chi connectivity index (χ1) is 27.0. The van der Waals surface area contributed by atoms with Gasteiger partial charge in [0.1, 0.15) is 0 Å². The summed E-state index contributed by atoms with van der Waals surface area (Å²) in [6, 6.07) is 14.5. The summed E-state index contributed by atoms with van der Waals surface area (Å²) >= 11 is 0. The average molecular weight is 886 g/mol. The molecule has 0 saturated carbocycles. The van der Waals surface area contributed by atoms with Gasteiger partial charge in [0, 0.05) is 16.7 Å². The molecule has 0 aromatic heterocycles. The molecule has 2 aromatic carbocycles. The predicted octanol–water partition coefficient (Wildman–Crippen LogP) is 18.4. The van der Waals surface area contributed by atoms with E-state index < -0.39 is 0 Å². The van der Waals surface area contributed by atoms with Gasteiger partial charge in [-0.2, -0.15) is 0 Å². The van der Waals surface area contributed by atoms with Crippen molar-refractivity contribution in [3.05, 3.63) is 113 Å². The molecule has 1 heterocycles. The van der Waals surface area contributed by atoms with E-state index in [1.165, 1.54) is 186 Å². The third-order valence-corrected chi connectivity index (χ3v) is 11.8. The van der Waals surface area contributed by atoms with Crippen molar-refractivity contribution in [1.29, 1.82) is 0 Å². The molecule has 330 valence electrons. The minimum Gasteiger partial charge on any atom is -0.493 e. The van der Waals surface area contributed by atoms with Gasteiger partial charge >= 0.3 is 20.4 Å². The molecule has 0 atom stereocenters. The van der Waals surface area contributed by atoms with Crippen LogP contribution in [0.5, 0.6) is 0 Å². The Kier molecular flexibility index (Phi) is 33.4. The van der Waals surface area contributed by atoms with Gasteiger partial charge in [0.25, 0.3) is 0 Å². The molecule has 1 aliphatic rings. The van der Waals surface area contributed by atoms with Gasteiger partial charge in [0.2, 0.25) is 11.4 Å². The molecule has 2 nitrogen and oxygen atoms in total. The van der Waals surface area contributed by atoms with Gasteiger partial charge in [0.15, 0.2) is 0 Å². The first kappa shape index (κ1) is 55.9. The molecule has 0 bridgehead atoms. The van der Waals surface area contributed by atoms with E-state index in [0.717, 1.165) is 56.3 Å². The number of hydrogen-bond donors (Lipinski definition) is 0. The van der Waals surface area contributed by atoms with E-state index in [0.29, 0.717) is 0 Å². The Morgan fingerprint density at radius 1 is 0.414 bits per heavy atom. The number of rotatable bonds is 32. The maximum atomic E-state index is 12.7. The zero-order valence-electron chi connectivity index (χ0n) is 39.3. The van der Waals surface area contributed by atoms with Crippen molar-refractivity contribution in [2.75, 3.05) is 0 Å². The first-order valence-corrected chi connectivity index (χ1v) is 23.9. The van der Waals surface area contributed by atoms with Crippen LogP contribution < -0.4 is 0 Å². The van der Waals surface area contributed by atoms with Gasteiger partial charge in [0.05, 0.1) is 5.57 Å². The van der Waals surface area contributed by atoms with E-state index in [2.05, 4.69) is 90.1 Å². The van der Waals surface area contributed by atoms with Crippen LogP contribution in [0, 0.1) is 14.9 Å². The van der Waals surface area contributed by atoms with Gasteiger partial charge < -0.3 is 20.4 Å². The number of allylic oxidation sites excluding steroid dienone is 4. The van der Waals surface area contributed by atoms with E-state index in [1.807, 2.05) is 0 Å². The van der Waals surface area contributed by atoms with Gasteiger partial charge in [-0.3, -0.25) is 0 Å². The molecule has 3 heteroatoms. The van der Waals surface area contributed by atoms with Crippen molar-refractivity contribution < 1.29 is 25.1 Å². The number of hydrogen-bond acceptors (Lipinski definition) is 0. The summed E-state index contributed by atoms with van der Waals surface area (Å²) in [7, 11) is 0. The second-order valence-corrected chi connectivity index (χ2v) is 16.9. The van der Waals surface area contributed by atoms with Gasteiger partial charge in [-0.25, -0.2) is 4.70 Å². The van der Waals surface area contributed by atoms with E-state index in [-0.39, 0.29) is 35.3 Å². The Morgan fingerprint density at radius 2 is 0.759 bits per heavy atom. The maximum absolute atomic E-state index is 12.7. The summed E-state index contributed by atoms with van der Waals surface area (Å²) in [5.74, 6) is 0. The Bertz CT molecular complexity index is 1420. The fourth-order valence-electron chi connectivity index (χ4n) is 8.39. The molecule has 1 aliphatic heterocycles. The quantitative estimate of drug-likeness (QED) is 0.0303. The zero-order valence-corrected chi connectivity index (χ0v) is 40.9. The topological polar surface area (TPSA) is 25.3 Å². The normalized spacial score (nSPS) is 12.7. The van der Waals surface area contributed by atoms with E-state index >= 15 is 0 Å². The maximum Gasteiger partial charge on any atom is 2.00 e. The van der Waals surface area contributed by atoms with Crippen molar-refractivity contribution in [3.8, 4) is 0 Å². The Labute approximate surface area is 375 Å². The predicted molar refractivity (Wildman–Crippen MR) is 257 cm³/mol. The summed E-state index contributed by atoms with van der Waals surface area (Å²) in [6.45, 7) is 13.8. The molecular weight excluding hydrogens is 795 g/mol. The number of nitrogens with zero attached hydrogens (tertiary/aromatic N) is 2. The SMILES string of the molecule is CCCCCCCCCCCCCC=CC1=C(c2cc(CCCC)cc(CCCC)c2)[N+](=[N-])C(c2cc(CCCC)cc(CCCC)c2)=C1CCCCCC.[CH3-].[CH3-].[Pd+2]. The first-order valence-electron chi connectivity index (χ1n) is 23.9. The molecule has 0 N–H and O–H groups in total. The van der Waals surface area contributed by atoms with Crippen LogP contribution in [0.3, 0.4) is 0 Å². The Morgan fingerprint density at radius 3 is 1.16 bits per heavy atom. The standard InChI is InChI=1S/C53H84N2.2CH3.Pd/c1-7-13-19-21-22-23-24-25-26-27-28-29-31-37-51-50(36-30-20-14-8-2)52(48-40-44(32-15-9-3)38-45(41-48)33-16-10-4)55(54)53(51)49-42-46(34-17-11-5)39-47(43-49)35-18-12-6;;;/h31,37-43H,7-30,32-36H2,1-6H3;2*1H3;/q;2*-1;+2. The van der Waals surface area contributed by atoms with Crippen LogP contribution in [-0.4, -0.2) is 4.70 Å². The molecule has 0 fully saturated rings. The summed E-state index contributed by atoms with van der Waals surface area (Å²) in [4.78, 5) is 0. The van der Waals surface area contributed by atoms with Crippen LogP contribution in [0.1, 0.15) is 235 Å². The molecule has 2 aromatic rings. The van der Waals surface area contributed by atoms with Crippen LogP contribution in [0.4, 0.5) is 0 Å². The largest absolute Gasteiger partial charge is 2.00 e. The monoisotopic (exact) mass is 885 g/mol. The Hall–Kier alpha value is -2.08. The van der Waals surface area contributed by atoms with Crippen LogP contribution in [-0.2, 0) is 46.1 Å². The zero-order chi connectivity index (χ0) is 39.5. The fraction of sp³-hybridized carbons (Fsp3) is 0.636.